The largest absolute Gasteiger partial charge is 0.496 e. The minimum Gasteiger partial charge on any atom is -0.496 e. The van der Waals surface area contributed by atoms with E-state index in [4.69, 9.17) is 9.47 Å². The van der Waals surface area contributed by atoms with Gasteiger partial charge in [0.15, 0.2) is 0 Å². The number of benzene rings is 2. The van der Waals surface area contributed by atoms with Crippen LogP contribution in [0.1, 0.15) is 27.6 Å². The molecule has 0 aliphatic rings. The number of imide groups is 1. The summed E-state index contributed by atoms with van der Waals surface area (Å²) in [5, 5.41) is 4.41. The van der Waals surface area contributed by atoms with Crippen LogP contribution >= 0.6 is 0 Å². The number of nitrogens with one attached hydrogen (secondary N) is 2. The number of methoxy groups -OCH3 is 1. The Kier molecular flexibility index (Phi) is 6.32. The lowest BCUT2D eigenvalue weighted by Crippen LogP contribution is -2.41. The summed E-state index contributed by atoms with van der Waals surface area (Å²) in [6.45, 7) is 1.82. The topological polar surface area (TPSA) is 93.7 Å². The SMILES string of the molecule is CNC(=O)NC(=O)[C@@H](OC(=O)c1cc(C)ccc1OC)c1ccccc1. The van der Waals surface area contributed by atoms with Gasteiger partial charge in [-0.25, -0.2) is 9.59 Å². The van der Waals surface area contributed by atoms with Gasteiger partial charge >= 0.3 is 12.0 Å². The first-order valence-electron chi connectivity index (χ1n) is 7.89. The number of hydrogen-bond acceptors (Lipinski definition) is 5. The molecule has 0 fully saturated rings. The summed E-state index contributed by atoms with van der Waals surface area (Å²) in [5.41, 5.74) is 1.47. The molecule has 2 aromatic carbocycles. The van der Waals surface area contributed by atoms with Crippen molar-refractivity contribution in [3.8, 4) is 5.75 Å². The summed E-state index contributed by atoms with van der Waals surface area (Å²) in [6.07, 6.45) is -1.29. The van der Waals surface area contributed by atoms with Gasteiger partial charge in [-0.3, -0.25) is 10.1 Å². The molecule has 1 atom stereocenters. The highest BCUT2D eigenvalue weighted by atomic mass is 16.6. The minimum absolute atomic E-state index is 0.196. The monoisotopic (exact) mass is 356 g/mol. The van der Waals surface area contributed by atoms with Crippen LogP contribution in [-0.2, 0) is 9.53 Å². The smallest absolute Gasteiger partial charge is 0.343 e. The molecule has 7 heteroatoms. The van der Waals surface area contributed by atoms with E-state index >= 15 is 0 Å². The van der Waals surface area contributed by atoms with E-state index in [0.29, 0.717) is 11.3 Å². The number of rotatable bonds is 5. The number of amides is 3. The second-order valence-corrected chi connectivity index (χ2v) is 5.47. The summed E-state index contributed by atoms with van der Waals surface area (Å²) in [4.78, 5) is 36.5. The predicted molar refractivity (Wildman–Crippen MR) is 94.9 cm³/mol. The Hall–Kier alpha value is -3.35. The Morgan fingerprint density at radius 1 is 1.04 bits per heavy atom. The third kappa shape index (κ3) is 4.60. The van der Waals surface area contributed by atoms with Crippen molar-refractivity contribution < 1.29 is 23.9 Å². The van der Waals surface area contributed by atoms with Gasteiger partial charge in [-0.2, -0.15) is 0 Å². The van der Waals surface area contributed by atoms with E-state index in [1.807, 2.05) is 6.92 Å². The van der Waals surface area contributed by atoms with Crippen molar-refractivity contribution in [1.82, 2.24) is 10.6 Å². The van der Waals surface area contributed by atoms with E-state index in [0.717, 1.165) is 5.56 Å². The van der Waals surface area contributed by atoms with Gasteiger partial charge in [-0.05, 0) is 19.1 Å². The van der Waals surface area contributed by atoms with Crippen molar-refractivity contribution in [2.75, 3.05) is 14.2 Å². The summed E-state index contributed by atoms with van der Waals surface area (Å²) >= 11 is 0. The summed E-state index contributed by atoms with van der Waals surface area (Å²) < 4.78 is 10.6. The minimum atomic E-state index is -1.29. The van der Waals surface area contributed by atoms with Crippen LogP contribution in [0.5, 0.6) is 5.75 Å². The molecule has 26 heavy (non-hydrogen) atoms. The van der Waals surface area contributed by atoms with Crippen LogP contribution in [0.3, 0.4) is 0 Å². The molecule has 7 nitrogen and oxygen atoms in total. The fourth-order valence-electron chi connectivity index (χ4n) is 2.29. The normalized spacial score (nSPS) is 11.2. The number of carbonyl (C=O) groups excluding carboxylic acids is 3. The highest BCUT2D eigenvalue weighted by molar-refractivity contribution is 5.99. The van der Waals surface area contributed by atoms with Crippen molar-refractivity contribution >= 4 is 17.9 Å². The van der Waals surface area contributed by atoms with E-state index in [-0.39, 0.29) is 5.56 Å². The Morgan fingerprint density at radius 2 is 1.73 bits per heavy atom. The average Bonchev–Trinajstić information content (AvgIpc) is 2.66. The van der Waals surface area contributed by atoms with Gasteiger partial charge in [-0.15, -0.1) is 0 Å². The number of urea groups is 1. The Bertz CT molecular complexity index is 805. The van der Waals surface area contributed by atoms with Gasteiger partial charge in [-0.1, -0.05) is 42.0 Å². The number of hydrogen-bond donors (Lipinski definition) is 2. The quantitative estimate of drug-likeness (QED) is 0.802. The molecule has 0 spiro atoms. The van der Waals surface area contributed by atoms with Crippen LogP contribution in [0.15, 0.2) is 48.5 Å². The third-order valence-electron chi connectivity index (χ3n) is 3.60. The second-order valence-electron chi connectivity index (χ2n) is 5.47. The van der Waals surface area contributed by atoms with Crippen LogP contribution in [0, 0.1) is 6.92 Å². The molecule has 136 valence electrons. The van der Waals surface area contributed by atoms with Crippen LogP contribution in [0.4, 0.5) is 4.79 Å². The molecule has 0 unspecified atom stereocenters. The highest BCUT2D eigenvalue weighted by Gasteiger charge is 2.28. The van der Waals surface area contributed by atoms with Gasteiger partial charge in [0.2, 0.25) is 6.10 Å². The lowest BCUT2D eigenvalue weighted by atomic mass is 10.1. The molecule has 3 amide bonds. The maximum absolute atomic E-state index is 12.6. The summed E-state index contributed by atoms with van der Waals surface area (Å²) in [6, 6.07) is 12.8. The lowest BCUT2D eigenvalue weighted by molar-refractivity contribution is -0.129. The highest BCUT2D eigenvalue weighted by Crippen LogP contribution is 2.25. The van der Waals surface area contributed by atoms with E-state index in [1.54, 1.807) is 48.5 Å². The molecule has 2 aromatic rings. The van der Waals surface area contributed by atoms with Crippen LogP contribution < -0.4 is 15.4 Å². The number of ether oxygens (including phenoxy) is 2. The first-order chi connectivity index (χ1) is 12.5. The molecular weight excluding hydrogens is 336 g/mol. The zero-order valence-corrected chi connectivity index (χ0v) is 14.7. The molecule has 0 aromatic heterocycles. The molecule has 0 saturated heterocycles. The van der Waals surface area contributed by atoms with Crippen molar-refractivity contribution in [3.63, 3.8) is 0 Å². The van der Waals surface area contributed by atoms with E-state index in [9.17, 15) is 14.4 Å². The lowest BCUT2D eigenvalue weighted by Gasteiger charge is -2.18. The van der Waals surface area contributed by atoms with Crippen molar-refractivity contribution in [2.45, 2.75) is 13.0 Å². The maximum atomic E-state index is 12.6. The van der Waals surface area contributed by atoms with Crippen LogP contribution in [-0.4, -0.2) is 32.1 Å². The van der Waals surface area contributed by atoms with E-state index in [1.165, 1.54) is 14.2 Å². The molecule has 0 aliphatic heterocycles. The standard InChI is InChI=1S/C19H20N2O5/c1-12-9-10-15(25-3)14(11-12)18(23)26-16(13-7-5-4-6-8-13)17(22)21-19(24)20-2/h4-11,16H,1-3H3,(H2,20,21,22,24)/t16-/m0/s1. The molecule has 2 rings (SSSR count). The summed E-state index contributed by atoms with van der Waals surface area (Å²) in [7, 11) is 2.82. The van der Waals surface area contributed by atoms with Crippen LogP contribution in [0.2, 0.25) is 0 Å². The van der Waals surface area contributed by atoms with E-state index in [2.05, 4.69) is 10.6 Å². The second kappa shape index (κ2) is 8.66. The molecule has 0 aliphatic carbocycles. The molecular formula is C19H20N2O5. The van der Waals surface area contributed by atoms with Gasteiger partial charge in [0.25, 0.3) is 5.91 Å². The van der Waals surface area contributed by atoms with Gasteiger partial charge < -0.3 is 14.8 Å². The number of carbonyl (C=O) groups is 3. The van der Waals surface area contributed by atoms with Gasteiger partial charge in [0.1, 0.15) is 11.3 Å². The Labute approximate surface area is 151 Å². The van der Waals surface area contributed by atoms with Gasteiger partial charge in [0, 0.05) is 12.6 Å². The third-order valence-corrected chi connectivity index (χ3v) is 3.60. The first kappa shape index (κ1) is 19.0. The average molecular weight is 356 g/mol. The number of esters is 1. The van der Waals surface area contributed by atoms with E-state index < -0.39 is 24.0 Å². The zero-order chi connectivity index (χ0) is 19.1. The number of aryl methyl sites for hydroxylation is 1. The zero-order valence-electron chi connectivity index (χ0n) is 14.7. The van der Waals surface area contributed by atoms with Gasteiger partial charge in [0.05, 0.1) is 7.11 Å². The fraction of sp³-hybridized carbons (Fsp3) is 0.211. The Morgan fingerprint density at radius 3 is 2.35 bits per heavy atom. The Balaban J connectivity index is 2.32. The van der Waals surface area contributed by atoms with Crippen molar-refractivity contribution in [1.29, 1.82) is 0 Å². The molecule has 2 N–H and O–H groups in total. The molecule has 0 saturated carbocycles. The maximum Gasteiger partial charge on any atom is 0.343 e. The summed E-state index contributed by atoms with van der Waals surface area (Å²) in [5.74, 6) is -1.15. The molecule has 0 bridgehead atoms. The first-order valence-corrected chi connectivity index (χ1v) is 7.89. The predicted octanol–water partition coefficient (Wildman–Crippen LogP) is 2.36. The van der Waals surface area contributed by atoms with Crippen LogP contribution in [0.25, 0.3) is 0 Å². The fourth-order valence-corrected chi connectivity index (χ4v) is 2.29. The molecule has 0 radical (unpaired) electrons. The van der Waals surface area contributed by atoms with Crippen molar-refractivity contribution in [2.24, 2.45) is 0 Å². The molecule has 0 heterocycles. The van der Waals surface area contributed by atoms with Crippen molar-refractivity contribution in [3.05, 3.63) is 65.2 Å².